The van der Waals surface area contributed by atoms with Crippen LogP contribution in [0.3, 0.4) is 0 Å². The van der Waals surface area contributed by atoms with Crippen molar-refractivity contribution in [3.05, 3.63) is 34.9 Å². The molecule has 2 rings (SSSR count). The van der Waals surface area contributed by atoms with Crippen molar-refractivity contribution < 1.29 is 0 Å². The van der Waals surface area contributed by atoms with Crippen LogP contribution in [0.5, 0.6) is 0 Å². The lowest BCUT2D eigenvalue weighted by Gasteiger charge is -2.15. The third-order valence-electron chi connectivity index (χ3n) is 2.70. The maximum absolute atomic E-state index is 7.37. The molecule has 0 bridgehead atoms. The number of halogens is 1. The molecule has 5 heteroatoms. The van der Waals surface area contributed by atoms with Gasteiger partial charge in [-0.25, -0.2) is 0 Å². The van der Waals surface area contributed by atoms with E-state index < -0.39 is 0 Å². The Morgan fingerprint density at radius 3 is 3.06 bits per heavy atom. The molecule has 1 aliphatic heterocycles. The highest BCUT2D eigenvalue weighted by Gasteiger charge is 2.10. The van der Waals surface area contributed by atoms with E-state index in [4.69, 9.17) is 22.7 Å². The van der Waals surface area contributed by atoms with Gasteiger partial charge < -0.3 is 21.8 Å². The maximum atomic E-state index is 7.37. The van der Waals surface area contributed by atoms with Gasteiger partial charge in [0.1, 0.15) is 0 Å². The maximum Gasteiger partial charge on any atom is 0.0465 e. The largest absolute Gasteiger partial charge is 0.398 e. The summed E-state index contributed by atoms with van der Waals surface area (Å²) >= 11 is 5.95. The number of nitrogens with two attached hydrogens (primary N) is 1. The lowest BCUT2D eigenvalue weighted by Crippen LogP contribution is -2.29. The minimum absolute atomic E-state index is 0.314. The number of hydrogen-bond donors (Lipinski definition) is 4. The summed E-state index contributed by atoms with van der Waals surface area (Å²) in [6.07, 6.45) is 5.45. The number of benzene rings is 1. The molecule has 0 aliphatic carbocycles. The second kappa shape index (κ2) is 5.21. The number of hydrogen-bond acceptors (Lipinski definition) is 4. The first-order valence-corrected chi connectivity index (χ1v) is 5.82. The first-order valence-electron chi connectivity index (χ1n) is 5.44. The number of nitrogen functional groups attached to an aromatic ring is 1. The molecule has 1 aromatic carbocycles. The Kier molecular flexibility index (Phi) is 3.66. The first-order chi connectivity index (χ1) is 8.20. The molecule has 0 spiro atoms. The predicted molar refractivity (Wildman–Crippen MR) is 73.2 cm³/mol. The molecule has 1 aromatic rings. The lowest BCUT2D eigenvalue weighted by atomic mass is 10.1. The molecule has 5 N–H and O–H groups in total. The van der Waals surface area contributed by atoms with E-state index in [0.29, 0.717) is 22.3 Å². The summed E-state index contributed by atoms with van der Waals surface area (Å²) < 4.78 is 0. The number of rotatable bonds is 4. The van der Waals surface area contributed by atoms with Crippen LogP contribution in [0.15, 0.2) is 24.3 Å². The smallest absolute Gasteiger partial charge is 0.0465 e. The molecule has 0 fully saturated rings. The van der Waals surface area contributed by atoms with Crippen LogP contribution in [-0.4, -0.2) is 25.3 Å². The summed E-state index contributed by atoms with van der Waals surface area (Å²) in [5.41, 5.74) is 7.81. The van der Waals surface area contributed by atoms with Gasteiger partial charge in [0.15, 0.2) is 0 Å². The quantitative estimate of drug-likeness (QED) is 0.374. The summed E-state index contributed by atoms with van der Waals surface area (Å²) in [6.45, 7) is 1.65. The minimum atomic E-state index is 0.314. The van der Waals surface area contributed by atoms with Crippen LogP contribution < -0.4 is 16.4 Å². The Labute approximate surface area is 105 Å². The molecule has 0 amide bonds. The molecule has 4 nitrogen and oxygen atoms in total. The molecule has 1 heterocycles. The van der Waals surface area contributed by atoms with Gasteiger partial charge >= 0.3 is 0 Å². The molecule has 0 saturated carbocycles. The summed E-state index contributed by atoms with van der Waals surface area (Å²) in [4.78, 5) is 0. The van der Waals surface area contributed by atoms with Gasteiger partial charge in [-0.05, 0) is 12.1 Å². The van der Waals surface area contributed by atoms with Crippen molar-refractivity contribution >= 4 is 29.2 Å². The van der Waals surface area contributed by atoms with Crippen LogP contribution in [-0.2, 0) is 0 Å². The van der Waals surface area contributed by atoms with Gasteiger partial charge in [-0.2, -0.15) is 0 Å². The van der Waals surface area contributed by atoms with Gasteiger partial charge in [0, 0.05) is 47.3 Å². The topological polar surface area (TPSA) is 73.9 Å². The zero-order valence-electron chi connectivity index (χ0n) is 9.33. The fraction of sp³-hybridized carbons (Fsp3) is 0.250. The van der Waals surface area contributed by atoms with Crippen LogP contribution in [0.1, 0.15) is 5.56 Å². The van der Waals surface area contributed by atoms with Crippen LogP contribution in [0.25, 0.3) is 0 Å². The Bertz CT molecular complexity index is 456. The van der Waals surface area contributed by atoms with E-state index in [2.05, 4.69) is 22.8 Å². The van der Waals surface area contributed by atoms with E-state index in [9.17, 15) is 0 Å². The van der Waals surface area contributed by atoms with Gasteiger partial charge in [-0.15, -0.1) is 0 Å². The fourth-order valence-corrected chi connectivity index (χ4v) is 2.05. The summed E-state index contributed by atoms with van der Waals surface area (Å²) in [6, 6.07) is 3.76. The van der Waals surface area contributed by atoms with Crippen LogP contribution in [0, 0.1) is 5.41 Å². The highest BCUT2D eigenvalue weighted by atomic mass is 35.5. The molecular formula is C12H15ClN4. The molecule has 17 heavy (non-hydrogen) atoms. The highest BCUT2D eigenvalue weighted by Crippen LogP contribution is 2.25. The molecule has 1 aliphatic rings. The Morgan fingerprint density at radius 1 is 1.59 bits per heavy atom. The second-order valence-electron chi connectivity index (χ2n) is 3.92. The van der Waals surface area contributed by atoms with E-state index in [0.717, 1.165) is 18.8 Å². The van der Waals surface area contributed by atoms with E-state index in [-0.39, 0.29) is 0 Å². The predicted octanol–water partition coefficient (Wildman–Crippen LogP) is 1.86. The molecule has 0 radical (unpaired) electrons. The Morgan fingerprint density at radius 2 is 2.41 bits per heavy atom. The van der Waals surface area contributed by atoms with E-state index in [1.165, 1.54) is 6.21 Å². The van der Waals surface area contributed by atoms with E-state index in [1.54, 1.807) is 12.1 Å². The summed E-state index contributed by atoms with van der Waals surface area (Å²) in [5.74, 6) is 0. The normalized spacial score (nSPS) is 18.3. The fourth-order valence-electron chi connectivity index (χ4n) is 1.83. The minimum Gasteiger partial charge on any atom is -0.398 e. The zero-order valence-corrected chi connectivity index (χ0v) is 10.1. The van der Waals surface area contributed by atoms with Gasteiger partial charge in [-0.1, -0.05) is 23.8 Å². The lowest BCUT2D eigenvalue weighted by molar-refractivity contribution is 0.695. The molecule has 0 unspecified atom stereocenters. The van der Waals surface area contributed by atoms with Crippen molar-refractivity contribution in [3.63, 3.8) is 0 Å². The monoisotopic (exact) mass is 250 g/mol. The van der Waals surface area contributed by atoms with Gasteiger partial charge in [0.2, 0.25) is 0 Å². The van der Waals surface area contributed by atoms with Crippen LogP contribution >= 0.6 is 11.6 Å². The van der Waals surface area contributed by atoms with E-state index >= 15 is 0 Å². The second-order valence-corrected chi connectivity index (χ2v) is 4.36. The molecule has 0 aromatic heterocycles. The molecule has 90 valence electrons. The van der Waals surface area contributed by atoms with E-state index in [1.807, 2.05) is 0 Å². The van der Waals surface area contributed by atoms with Crippen LogP contribution in [0.2, 0.25) is 5.02 Å². The van der Waals surface area contributed by atoms with Crippen molar-refractivity contribution in [1.29, 1.82) is 5.41 Å². The Balaban J connectivity index is 2.13. The SMILES string of the molecule is N=Cc1c(N)cc(Cl)cc1NC[C@H]1C=CCN1. The third-order valence-corrected chi connectivity index (χ3v) is 2.92. The average Bonchev–Trinajstić information content (AvgIpc) is 2.78. The van der Waals surface area contributed by atoms with Crippen molar-refractivity contribution in [2.24, 2.45) is 0 Å². The summed E-state index contributed by atoms with van der Waals surface area (Å²) in [5, 5.41) is 14.5. The van der Waals surface area contributed by atoms with Gasteiger partial charge in [-0.3, -0.25) is 0 Å². The highest BCUT2D eigenvalue weighted by molar-refractivity contribution is 6.31. The molecule has 1 atom stereocenters. The third kappa shape index (κ3) is 2.78. The van der Waals surface area contributed by atoms with Crippen molar-refractivity contribution in [3.8, 4) is 0 Å². The zero-order chi connectivity index (χ0) is 12.3. The van der Waals surface area contributed by atoms with Crippen molar-refractivity contribution in [1.82, 2.24) is 5.32 Å². The van der Waals surface area contributed by atoms with Crippen LogP contribution in [0.4, 0.5) is 11.4 Å². The first kappa shape index (κ1) is 12.0. The van der Waals surface area contributed by atoms with Gasteiger partial charge in [0.25, 0.3) is 0 Å². The van der Waals surface area contributed by atoms with Gasteiger partial charge in [0.05, 0.1) is 0 Å². The molecular weight excluding hydrogens is 236 g/mol. The van der Waals surface area contributed by atoms with Crippen molar-refractivity contribution in [2.45, 2.75) is 6.04 Å². The Hall–Kier alpha value is -1.52. The summed E-state index contributed by atoms with van der Waals surface area (Å²) in [7, 11) is 0. The number of nitrogens with one attached hydrogen (secondary N) is 3. The average molecular weight is 251 g/mol. The number of anilines is 2. The standard InChI is InChI=1S/C12H15ClN4/c13-8-4-11(15)10(6-14)12(5-8)17-7-9-2-1-3-16-9/h1-2,4-6,9,14,16-17H,3,7,15H2/t9-/m1/s1. The van der Waals surface area contributed by atoms with Crippen molar-refractivity contribution in [2.75, 3.05) is 24.1 Å². The molecule has 0 saturated heterocycles.